The van der Waals surface area contributed by atoms with Crippen molar-refractivity contribution < 1.29 is 47.6 Å². The lowest BCUT2D eigenvalue weighted by atomic mass is 10.1. The number of benzene rings is 1. The molecule has 212 valence electrons. The van der Waals surface area contributed by atoms with Gasteiger partial charge in [-0.3, -0.25) is 14.5 Å². The number of aromatic nitrogens is 1. The van der Waals surface area contributed by atoms with Crippen LogP contribution in [0.2, 0.25) is 0 Å². The molecule has 0 saturated carbocycles. The number of hydrogen-bond donors (Lipinski definition) is 0. The molecule has 0 bridgehead atoms. The lowest BCUT2D eigenvalue weighted by Gasteiger charge is -2.19. The van der Waals surface area contributed by atoms with Gasteiger partial charge in [0.1, 0.15) is 13.6 Å². The van der Waals surface area contributed by atoms with Crippen LogP contribution in [0.1, 0.15) is 107 Å². The minimum absolute atomic E-state index is 0. The second-order valence-electron chi connectivity index (χ2n) is 9.82. The minimum Gasteiger partial charge on any atom is -1.00 e. The van der Waals surface area contributed by atoms with E-state index in [9.17, 15) is 9.59 Å². The fraction of sp³-hybridized carbons (Fsp3) is 0.581. The topological polar surface area (TPSA) is 59.7 Å². The molecule has 1 aromatic carbocycles. The number of ether oxygens (including phenoxy) is 2. The molecule has 2 aromatic rings. The van der Waals surface area contributed by atoms with E-state index in [2.05, 4.69) is 6.92 Å². The maximum Gasteiger partial charge on any atom is 0.261 e. The summed E-state index contributed by atoms with van der Waals surface area (Å²) in [6.07, 6.45) is 17.4. The summed E-state index contributed by atoms with van der Waals surface area (Å²) < 4.78 is 13.3. The first kappa shape index (κ1) is 33.9. The summed E-state index contributed by atoms with van der Waals surface area (Å²) >= 11 is 0. The normalized spacial score (nSPS) is 10.5. The monoisotopic (exact) mass is 638 g/mol. The van der Waals surface area contributed by atoms with Gasteiger partial charge in [0.15, 0.2) is 17.7 Å². The van der Waals surface area contributed by atoms with E-state index in [4.69, 9.17) is 9.47 Å². The van der Waals surface area contributed by atoms with Gasteiger partial charge in [-0.05, 0) is 24.6 Å². The predicted octanol–water partition coefficient (Wildman–Crippen LogP) is 3.79. The highest BCUT2D eigenvalue weighted by Crippen LogP contribution is 2.29. The van der Waals surface area contributed by atoms with Crippen molar-refractivity contribution in [3.8, 4) is 11.5 Å². The number of carbonyl (C=O) groups excluding carboxylic acids is 2. The summed E-state index contributed by atoms with van der Waals surface area (Å²) in [4.78, 5) is 26.8. The lowest BCUT2D eigenvalue weighted by molar-refractivity contribution is -0.679. The number of amides is 2. The van der Waals surface area contributed by atoms with Crippen LogP contribution in [0.25, 0.3) is 0 Å². The molecule has 0 fully saturated rings. The average molecular weight is 639 g/mol. The average Bonchev–Trinajstić information content (AvgIpc) is 2.90. The molecule has 2 amide bonds. The Morgan fingerprint density at radius 3 is 2.00 bits per heavy atom. The van der Waals surface area contributed by atoms with Crippen molar-refractivity contribution >= 4 is 11.8 Å². The Kier molecular flexibility index (Phi) is 17.7. The third kappa shape index (κ3) is 12.1. The number of hydrogen-bond acceptors (Lipinski definition) is 4. The maximum absolute atomic E-state index is 13.2. The van der Waals surface area contributed by atoms with Gasteiger partial charge in [-0.2, -0.15) is 0 Å². The molecule has 6 nitrogen and oxygen atoms in total. The van der Waals surface area contributed by atoms with Crippen LogP contribution in [0.5, 0.6) is 11.5 Å². The molecule has 0 atom stereocenters. The fourth-order valence-corrected chi connectivity index (χ4v) is 4.41. The number of halogens is 1. The third-order valence-corrected chi connectivity index (χ3v) is 6.77. The summed E-state index contributed by atoms with van der Waals surface area (Å²) in [6, 6.07) is 10.8. The maximum atomic E-state index is 13.2. The van der Waals surface area contributed by atoms with Crippen molar-refractivity contribution in [2.75, 3.05) is 13.7 Å². The van der Waals surface area contributed by atoms with Crippen molar-refractivity contribution in [3.05, 3.63) is 53.9 Å². The van der Waals surface area contributed by atoms with Crippen molar-refractivity contribution in [2.24, 2.45) is 7.05 Å². The van der Waals surface area contributed by atoms with Gasteiger partial charge in [-0.15, -0.1) is 0 Å². The molecule has 0 aliphatic carbocycles. The molecular formula is C31H47IN2O4. The molecule has 0 N–H and O–H groups in total. The van der Waals surface area contributed by atoms with Crippen molar-refractivity contribution in [1.29, 1.82) is 0 Å². The first-order valence-corrected chi connectivity index (χ1v) is 14.0. The molecule has 0 radical (unpaired) electrons. The molecule has 0 aliphatic rings. The Morgan fingerprint density at radius 2 is 1.45 bits per heavy atom. The minimum atomic E-state index is -0.353. The van der Waals surface area contributed by atoms with Crippen LogP contribution in [0.4, 0.5) is 0 Å². The van der Waals surface area contributed by atoms with E-state index in [-0.39, 0.29) is 42.3 Å². The van der Waals surface area contributed by atoms with Crippen molar-refractivity contribution in [1.82, 2.24) is 4.90 Å². The zero-order valence-corrected chi connectivity index (χ0v) is 26.0. The molecular weight excluding hydrogens is 591 g/mol. The first-order valence-electron chi connectivity index (χ1n) is 14.0. The number of carbonyl (C=O) groups is 2. The second kappa shape index (κ2) is 19.8. The highest BCUT2D eigenvalue weighted by Gasteiger charge is 2.24. The number of imide groups is 1. The Balaban J connectivity index is 0.00000722. The van der Waals surface area contributed by atoms with Crippen LogP contribution in [-0.4, -0.2) is 30.4 Å². The van der Waals surface area contributed by atoms with Gasteiger partial charge < -0.3 is 33.5 Å². The number of pyridine rings is 1. The number of nitrogens with zero attached hydrogens (tertiary/aromatic N) is 2. The van der Waals surface area contributed by atoms with E-state index in [1.54, 1.807) is 25.3 Å². The quantitative estimate of drug-likeness (QED) is 0.142. The van der Waals surface area contributed by atoms with Crippen LogP contribution < -0.4 is 38.0 Å². The zero-order valence-electron chi connectivity index (χ0n) is 23.8. The van der Waals surface area contributed by atoms with Crippen LogP contribution >= 0.6 is 0 Å². The van der Waals surface area contributed by atoms with Gasteiger partial charge in [0.05, 0.1) is 13.7 Å². The summed E-state index contributed by atoms with van der Waals surface area (Å²) in [5, 5.41) is 0. The van der Waals surface area contributed by atoms with Crippen LogP contribution in [-0.2, 0) is 18.4 Å². The van der Waals surface area contributed by atoms with Crippen LogP contribution in [0, 0.1) is 0 Å². The number of unbranched alkanes of at least 4 members (excludes halogenated alkanes) is 11. The Hall–Kier alpha value is -2.16. The smallest absolute Gasteiger partial charge is 0.261 e. The number of aryl methyl sites for hydroxylation is 1. The number of rotatable bonds is 18. The molecule has 7 heteroatoms. The molecule has 1 aromatic heterocycles. The van der Waals surface area contributed by atoms with E-state index < -0.39 is 0 Å². The predicted molar refractivity (Wildman–Crippen MR) is 148 cm³/mol. The Labute approximate surface area is 247 Å². The SMILES string of the molecule is CCCCCCCCCCCCCCOc1cc(C(=O)N(Cc2cccc[n+]2C)C(C)=O)ccc1OC.[I-]. The molecule has 2 rings (SSSR count). The van der Waals surface area contributed by atoms with Gasteiger partial charge in [0, 0.05) is 24.6 Å². The van der Waals surface area contributed by atoms with E-state index in [1.807, 2.05) is 36.0 Å². The molecule has 0 saturated heterocycles. The highest BCUT2D eigenvalue weighted by atomic mass is 127. The molecule has 38 heavy (non-hydrogen) atoms. The standard InChI is InChI=1S/C31H47N2O4.HI/c1-5-6-7-8-9-10-11-12-13-14-15-18-23-37-30-24-27(20-21-29(30)36-4)31(35)33(26(2)34)25-28-19-16-17-22-32(28)3;/h16-17,19-22,24H,5-15,18,23,25H2,1-4H3;1H/q+1;/p-1. The highest BCUT2D eigenvalue weighted by molar-refractivity contribution is 6.04. The van der Waals surface area contributed by atoms with Crippen LogP contribution in [0.15, 0.2) is 42.6 Å². The number of methoxy groups -OCH3 is 1. The Bertz CT molecular complexity index is 967. The van der Waals surface area contributed by atoms with Gasteiger partial charge >= 0.3 is 0 Å². The summed E-state index contributed by atoms with van der Waals surface area (Å²) in [5.41, 5.74) is 1.27. The Morgan fingerprint density at radius 1 is 0.842 bits per heavy atom. The third-order valence-electron chi connectivity index (χ3n) is 6.77. The molecule has 0 unspecified atom stereocenters. The molecule has 0 aliphatic heterocycles. The lowest BCUT2D eigenvalue weighted by Crippen LogP contribution is -3.00. The molecule has 0 spiro atoms. The van der Waals surface area contributed by atoms with E-state index >= 15 is 0 Å². The van der Waals surface area contributed by atoms with Crippen molar-refractivity contribution in [2.45, 2.75) is 97.4 Å². The fourth-order valence-electron chi connectivity index (χ4n) is 4.41. The summed E-state index contributed by atoms with van der Waals surface area (Å²) in [5.74, 6) is 0.461. The largest absolute Gasteiger partial charge is 1.00 e. The second-order valence-corrected chi connectivity index (χ2v) is 9.82. The van der Waals surface area contributed by atoms with Gasteiger partial charge in [0.2, 0.25) is 11.6 Å². The van der Waals surface area contributed by atoms with Crippen LogP contribution in [0.3, 0.4) is 0 Å². The van der Waals surface area contributed by atoms with E-state index in [0.717, 1.165) is 18.5 Å². The van der Waals surface area contributed by atoms with Crippen molar-refractivity contribution in [3.63, 3.8) is 0 Å². The zero-order chi connectivity index (χ0) is 26.9. The summed E-state index contributed by atoms with van der Waals surface area (Å²) in [6.45, 7) is 4.45. The van der Waals surface area contributed by atoms with E-state index in [0.29, 0.717) is 23.7 Å². The first-order chi connectivity index (χ1) is 18.0. The summed E-state index contributed by atoms with van der Waals surface area (Å²) in [7, 11) is 3.48. The van der Waals surface area contributed by atoms with Gasteiger partial charge in [-0.1, -0.05) is 83.6 Å². The van der Waals surface area contributed by atoms with E-state index in [1.165, 1.54) is 76.0 Å². The van der Waals surface area contributed by atoms with Gasteiger partial charge in [0.25, 0.3) is 5.91 Å². The van der Waals surface area contributed by atoms with Gasteiger partial charge in [-0.25, -0.2) is 4.57 Å². The molecule has 1 heterocycles.